The molecule has 2 rings (SSSR count). The van der Waals surface area contributed by atoms with Gasteiger partial charge in [0, 0.05) is 12.8 Å². The molecule has 3 amide bonds. The molecule has 6 heteroatoms. The highest BCUT2D eigenvalue weighted by molar-refractivity contribution is 5.85. The maximum Gasteiger partial charge on any atom is 0.241 e. The van der Waals surface area contributed by atoms with Crippen LogP contribution in [0.25, 0.3) is 0 Å². The summed E-state index contributed by atoms with van der Waals surface area (Å²) in [6.45, 7) is 1.41. The van der Waals surface area contributed by atoms with E-state index in [0.717, 1.165) is 18.4 Å². The summed E-state index contributed by atoms with van der Waals surface area (Å²) in [5, 5.41) is 2.74. The summed E-state index contributed by atoms with van der Waals surface area (Å²) in [5.74, 6) is -0.671. The number of nitrogens with one attached hydrogen (secondary N) is 3. The van der Waals surface area contributed by atoms with Crippen LogP contribution >= 0.6 is 0 Å². The predicted octanol–water partition coefficient (Wildman–Crippen LogP) is 0.811. The van der Waals surface area contributed by atoms with Gasteiger partial charge in [0.15, 0.2) is 0 Å². The van der Waals surface area contributed by atoms with Gasteiger partial charge < -0.3 is 5.32 Å². The van der Waals surface area contributed by atoms with Crippen molar-refractivity contribution in [1.29, 1.82) is 0 Å². The molecule has 6 nitrogen and oxygen atoms in total. The molecule has 0 aliphatic heterocycles. The van der Waals surface area contributed by atoms with E-state index in [2.05, 4.69) is 16.2 Å². The fraction of sp³-hybridized carbons (Fsp3) is 0.400. The lowest BCUT2D eigenvalue weighted by Gasteiger charge is -2.18. The topological polar surface area (TPSA) is 87.3 Å². The molecule has 0 saturated heterocycles. The molecule has 1 atom stereocenters. The summed E-state index contributed by atoms with van der Waals surface area (Å²) < 4.78 is 0. The molecule has 3 N–H and O–H groups in total. The van der Waals surface area contributed by atoms with Crippen LogP contribution in [-0.2, 0) is 14.4 Å². The third-order valence-electron chi connectivity index (χ3n) is 3.24. The van der Waals surface area contributed by atoms with E-state index in [1.54, 1.807) is 0 Å². The number of rotatable bonds is 5. The van der Waals surface area contributed by atoms with Crippen molar-refractivity contribution in [3.05, 3.63) is 35.9 Å². The molecule has 0 radical (unpaired) electrons. The molecule has 0 spiro atoms. The van der Waals surface area contributed by atoms with Gasteiger partial charge in [-0.1, -0.05) is 30.3 Å². The molecule has 1 fully saturated rings. The van der Waals surface area contributed by atoms with Crippen LogP contribution in [0.5, 0.6) is 0 Å². The van der Waals surface area contributed by atoms with Crippen molar-refractivity contribution in [2.24, 2.45) is 5.92 Å². The van der Waals surface area contributed by atoms with Gasteiger partial charge in [-0.2, -0.15) is 0 Å². The minimum Gasteiger partial charge on any atom is -0.349 e. The van der Waals surface area contributed by atoms with Crippen molar-refractivity contribution in [1.82, 2.24) is 16.2 Å². The number of carbonyl (C=O) groups is 3. The van der Waals surface area contributed by atoms with Crippen LogP contribution in [-0.4, -0.2) is 17.7 Å². The SMILES string of the molecule is CC(=O)N[C@@H](CC(=O)NNC(=O)C1CC1)c1ccccc1. The van der Waals surface area contributed by atoms with E-state index in [9.17, 15) is 14.4 Å². The van der Waals surface area contributed by atoms with Crippen molar-refractivity contribution in [3.8, 4) is 0 Å². The van der Waals surface area contributed by atoms with E-state index in [1.165, 1.54) is 6.92 Å². The number of hydrazine groups is 1. The van der Waals surface area contributed by atoms with Crippen LogP contribution in [0.3, 0.4) is 0 Å². The Labute approximate surface area is 123 Å². The van der Waals surface area contributed by atoms with Crippen LogP contribution in [0.2, 0.25) is 0 Å². The molecule has 0 unspecified atom stereocenters. The van der Waals surface area contributed by atoms with Gasteiger partial charge in [0.25, 0.3) is 0 Å². The van der Waals surface area contributed by atoms with Gasteiger partial charge in [-0.25, -0.2) is 0 Å². The van der Waals surface area contributed by atoms with Crippen molar-refractivity contribution >= 4 is 17.7 Å². The van der Waals surface area contributed by atoms with Crippen molar-refractivity contribution in [3.63, 3.8) is 0 Å². The minimum atomic E-state index is -0.415. The fourth-order valence-corrected chi connectivity index (χ4v) is 2.00. The first-order valence-corrected chi connectivity index (χ1v) is 6.97. The summed E-state index contributed by atoms with van der Waals surface area (Å²) in [5.41, 5.74) is 5.63. The Kier molecular flexibility index (Phi) is 4.92. The van der Waals surface area contributed by atoms with Gasteiger partial charge in [-0.15, -0.1) is 0 Å². The van der Waals surface area contributed by atoms with Gasteiger partial charge in [-0.3, -0.25) is 25.2 Å². The highest BCUT2D eigenvalue weighted by atomic mass is 16.2. The molecular formula is C15H19N3O3. The monoisotopic (exact) mass is 289 g/mol. The molecule has 1 aromatic carbocycles. The molecule has 0 aromatic heterocycles. The molecular weight excluding hydrogens is 270 g/mol. The van der Waals surface area contributed by atoms with E-state index in [4.69, 9.17) is 0 Å². The molecule has 0 heterocycles. The van der Waals surface area contributed by atoms with E-state index in [0.29, 0.717) is 0 Å². The van der Waals surface area contributed by atoms with Crippen LogP contribution < -0.4 is 16.2 Å². The number of carbonyl (C=O) groups excluding carboxylic acids is 3. The molecule has 112 valence electrons. The lowest BCUT2D eigenvalue weighted by Crippen LogP contribution is -2.44. The standard InChI is InChI=1S/C15H19N3O3/c1-10(19)16-13(11-5-3-2-4-6-11)9-14(20)17-18-15(21)12-7-8-12/h2-6,12-13H,7-9H2,1H3,(H,16,19)(H,17,20)(H,18,21)/t13-/m0/s1. The van der Waals surface area contributed by atoms with Gasteiger partial charge in [0.1, 0.15) is 0 Å². The number of hydrogen-bond acceptors (Lipinski definition) is 3. The van der Waals surface area contributed by atoms with Crippen LogP contribution in [0.4, 0.5) is 0 Å². The summed E-state index contributed by atoms with van der Waals surface area (Å²) >= 11 is 0. The molecule has 0 bridgehead atoms. The molecule has 21 heavy (non-hydrogen) atoms. The normalized spacial score (nSPS) is 14.9. The Hall–Kier alpha value is -2.37. The maximum absolute atomic E-state index is 11.9. The average Bonchev–Trinajstić information content (AvgIpc) is 3.29. The Bertz CT molecular complexity index is 526. The van der Waals surface area contributed by atoms with E-state index >= 15 is 0 Å². The summed E-state index contributed by atoms with van der Waals surface area (Å²) in [6, 6.07) is 8.83. The van der Waals surface area contributed by atoms with Crippen molar-refractivity contribution < 1.29 is 14.4 Å². The van der Waals surface area contributed by atoms with Crippen LogP contribution in [0.15, 0.2) is 30.3 Å². The number of hydrogen-bond donors (Lipinski definition) is 3. The second-order valence-electron chi connectivity index (χ2n) is 5.18. The van der Waals surface area contributed by atoms with Gasteiger partial charge in [-0.05, 0) is 18.4 Å². The van der Waals surface area contributed by atoms with Crippen LogP contribution in [0, 0.1) is 5.92 Å². The van der Waals surface area contributed by atoms with E-state index in [1.807, 2.05) is 30.3 Å². The lowest BCUT2D eigenvalue weighted by atomic mass is 10.0. The Morgan fingerprint density at radius 3 is 2.38 bits per heavy atom. The van der Waals surface area contributed by atoms with Gasteiger partial charge in [0.05, 0.1) is 12.5 Å². The van der Waals surface area contributed by atoms with Crippen molar-refractivity contribution in [2.45, 2.75) is 32.2 Å². The first-order valence-electron chi connectivity index (χ1n) is 6.97. The first-order chi connectivity index (χ1) is 10.1. The minimum absolute atomic E-state index is 0.0329. The Morgan fingerprint density at radius 1 is 1.14 bits per heavy atom. The number of benzene rings is 1. The Morgan fingerprint density at radius 2 is 1.81 bits per heavy atom. The summed E-state index contributed by atoms with van der Waals surface area (Å²) in [6.07, 6.45) is 1.81. The molecule has 1 saturated carbocycles. The molecule has 1 aliphatic carbocycles. The summed E-state index contributed by atoms with van der Waals surface area (Å²) in [4.78, 5) is 34.6. The maximum atomic E-state index is 11.9. The lowest BCUT2D eigenvalue weighted by molar-refractivity contribution is -0.130. The fourth-order valence-electron chi connectivity index (χ4n) is 2.00. The van der Waals surface area contributed by atoms with Gasteiger partial charge in [0.2, 0.25) is 17.7 Å². The van der Waals surface area contributed by atoms with Gasteiger partial charge >= 0.3 is 0 Å². The largest absolute Gasteiger partial charge is 0.349 e. The second-order valence-corrected chi connectivity index (χ2v) is 5.18. The van der Waals surface area contributed by atoms with Crippen molar-refractivity contribution in [2.75, 3.05) is 0 Å². The zero-order chi connectivity index (χ0) is 15.2. The van der Waals surface area contributed by atoms with Crippen LogP contribution in [0.1, 0.15) is 37.8 Å². The third kappa shape index (κ3) is 4.91. The third-order valence-corrected chi connectivity index (χ3v) is 3.24. The second kappa shape index (κ2) is 6.88. The Balaban J connectivity index is 1.89. The average molecular weight is 289 g/mol. The molecule has 1 aliphatic rings. The zero-order valence-electron chi connectivity index (χ0n) is 11.9. The predicted molar refractivity (Wildman–Crippen MR) is 76.6 cm³/mol. The first kappa shape index (κ1) is 15.0. The smallest absolute Gasteiger partial charge is 0.241 e. The van der Waals surface area contributed by atoms with E-state index < -0.39 is 6.04 Å². The summed E-state index contributed by atoms with van der Waals surface area (Å²) in [7, 11) is 0. The number of amides is 3. The molecule has 1 aromatic rings. The quantitative estimate of drug-likeness (QED) is 0.701. The van der Waals surface area contributed by atoms with E-state index in [-0.39, 0.29) is 30.1 Å². The zero-order valence-corrected chi connectivity index (χ0v) is 11.9. The highest BCUT2D eigenvalue weighted by Crippen LogP contribution is 2.28. The highest BCUT2D eigenvalue weighted by Gasteiger charge is 2.29.